The van der Waals surface area contributed by atoms with Crippen molar-refractivity contribution in [3.05, 3.63) is 58.6 Å². The molecule has 2 aliphatic heterocycles. The third-order valence-corrected chi connectivity index (χ3v) is 11.5. The van der Waals surface area contributed by atoms with E-state index in [2.05, 4.69) is 15.5 Å². The molecule has 0 radical (unpaired) electrons. The fourth-order valence-corrected chi connectivity index (χ4v) is 8.90. The number of aryl methyl sites for hydroxylation is 1. The van der Waals surface area contributed by atoms with Gasteiger partial charge in [0.05, 0.1) is 47.1 Å². The van der Waals surface area contributed by atoms with Crippen LogP contribution in [-0.4, -0.2) is 70.2 Å². The maximum absolute atomic E-state index is 14.1. The molecule has 8 rings (SSSR count). The zero-order chi connectivity index (χ0) is 31.5. The third kappa shape index (κ3) is 5.51. The standard InChI is InChI=1S/C34H42N4O6S/c1-18(2)29(27-12-28(37-44-27)34-13-23(14-34)25(15-34)33-42-9-10-43-33)32(41)38-16-24(39)11-26(38)31(40)36-19(3)21-5-7-22(8-6-21)30-20(4)35-17-45-30/h5-8,12,17-19,23-26,29,33,39H,9-11,13-16H2,1-4H3,(H,36,40)/t19-,23?,24+,25?,26-,29+,34?/m0/s1. The molecule has 3 saturated carbocycles. The van der Waals surface area contributed by atoms with Gasteiger partial charge in [-0.2, -0.15) is 0 Å². The third-order valence-electron chi connectivity index (χ3n) is 10.5. The monoisotopic (exact) mass is 634 g/mol. The fraction of sp³-hybridized carbons (Fsp3) is 0.588. The molecule has 2 aromatic heterocycles. The molecule has 5 fully saturated rings. The first-order valence-electron chi connectivity index (χ1n) is 16.1. The Balaban J connectivity index is 1.04. The minimum Gasteiger partial charge on any atom is -0.391 e. The van der Waals surface area contributed by atoms with Crippen LogP contribution in [0.3, 0.4) is 0 Å². The van der Waals surface area contributed by atoms with E-state index in [0.717, 1.165) is 46.7 Å². The van der Waals surface area contributed by atoms with Gasteiger partial charge in [-0.3, -0.25) is 9.59 Å². The number of amides is 2. The molecule has 10 nitrogen and oxygen atoms in total. The number of aliphatic hydroxyl groups is 1. The van der Waals surface area contributed by atoms with Crippen molar-refractivity contribution in [3.8, 4) is 10.4 Å². The van der Waals surface area contributed by atoms with Crippen molar-refractivity contribution in [2.24, 2.45) is 17.8 Å². The Bertz CT molecular complexity index is 1540. The Morgan fingerprint density at radius 2 is 1.84 bits per heavy atom. The van der Waals surface area contributed by atoms with Crippen LogP contribution in [0.15, 0.2) is 40.4 Å². The highest BCUT2D eigenvalue weighted by atomic mass is 32.1. The van der Waals surface area contributed by atoms with E-state index >= 15 is 0 Å². The molecule has 45 heavy (non-hydrogen) atoms. The Kier molecular flexibility index (Phi) is 8.08. The number of nitrogens with zero attached hydrogens (tertiary/aromatic N) is 3. The normalized spacial score (nSPS) is 29.2. The van der Waals surface area contributed by atoms with Crippen LogP contribution in [0, 0.1) is 24.7 Å². The predicted octanol–water partition coefficient (Wildman–Crippen LogP) is 4.73. The molecule has 1 aromatic carbocycles. The van der Waals surface area contributed by atoms with Crippen molar-refractivity contribution < 1.29 is 28.7 Å². The van der Waals surface area contributed by atoms with Crippen LogP contribution in [-0.2, 0) is 24.5 Å². The van der Waals surface area contributed by atoms with Gasteiger partial charge in [-0.05, 0) is 56.1 Å². The first-order chi connectivity index (χ1) is 21.6. The largest absolute Gasteiger partial charge is 0.391 e. The molecule has 2 bridgehead atoms. The van der Waals surface area contributed by atoms with Crippen molar-refractivity contribution in [1.29, 1.82) is 0 Å². The van der Waals surface area contributed by atoms with Gasteiger partial charge in [0, 0.05) is 30.4 Å². The van der Waals surface area contributed by atoms with Gasteiger partial charge in [0.2, 0.25) is 11.8 Å². The van der Waals surface area contributed by atoms with Crippen LogP contribution in [0.1, 0.15) is 81.1 Å². The topological polar surface area (TPSA) is 127 Å². The number of rotatable bonds is 9. The number of benzene rings is 1. The lowest BCUT2D eigenvalue weighted by Gasteiger charge is -2.37. The van der Waals surface area contributed by atoms with E-state index in [1.54, 1.807) is 11.3 Å². The summed E-state index contributed by atoms with van der Waals surface area (Å²) in [6.07, 6.45) is 2.29. The number of likely N-dealkylation sites (tertiary alicyclic amines) is 1. The number of fused-ring (bicyclic) bond motifs is 1. The molecule has 2 N–H and O–H groups in total. The SMILES string of the molecule is Cc1ncsc1-c1ccc([C@H](C)NC(=O)[C@@H]2C[C@@H](O)CN2C(=O)[C@@H](c2cc(C34CC(C3)C(C3OCCO3)C4)no2)C(C)C)cc1. The van der Waals surface area contributed by atoms with Crippen molar-refractivity contribution >= 4 is 23.2 Å². The molecular weight excluding hydrogens is 592 g/mol. The predicted molar refractivity (Wildman–Crippen MR) is 167 cm³/mol. The molecule has 5 atom stereocenters. The van der Waals surface area contributed by atoms with Gasteiger partial charge >= 0.3 is 0 Å². The molecule has 5 aliphatic rings. The van der Waals surface area contributed by atoms with Crippen molar-refractivity contribution in [2.45, 2.75) is 89.2 Å². The quantitative estimate of drug-likeness (QED) is 0.346. The second kappa shape index (κ2) is 11.9. The summed E-state index contributed by atoms with van der Waals surface area (Å²) < 4.78 is 17.5. The van der Waals surface area contributed by atoms with E-state index in [9.17, 15) is 14.7 Å². The summed E-state index contributed by atoms with van der Waals surface area (Å²) in [5.74, 6) is 0.239. The Morgan fingerprint density at radius 1 is 1.11 bits per heavy atom. The van der Waals surface area contributed by atoms with Gasteiger partial charge in [0.25, 0.3) is 0 Å². The number of aromatic nitrogens is 2. The lowest BCUT2D eigenvalue weighted by molar-refractivity contribution is -0.141. The van der Waals surface area contributed by atoms with Crippen LogP contribution in [0.4, 0.5) is 0 Å². The van der Waals surface area contributed by atoms with E-state index in [1.165, 1.54) is 4.90 Å². The molecule has 11 heteroatoms. The first kappa shape index (κ1) is 30.5. The summed E-state index contributed by atoms with van der Waals surface area (Å²) in [6.45, 7) is 9.28. The van der Waals surface area contributed by atoms with E-state index in [1.807, 2.05) is 63.5 Å². The number of hydrogen-bond acceptors (Lipinski definition) is 9. The molecular formula is C34H42N4O6S. The van der Waals surface area contributed by atoms with Crippen LogP contribution in [0.2, 0.25) is 0 Å². The van der Waals surface area contributed by atoms with E-state index < -0.39 is 18.1 Å². The summed E-state index contributed by atoms with van der Waals surface area (Å²) >= 11 is 1.60. The van der Waals surface area contributed by atoms with Crippen LogP contribution < -0.4 is 5.32 Å². The Morgan fingerprint density at radius 3 is 2.51 bits per heavy atom. The summed E-state index contributed by atoms with van der Waals surface area (Å²) in [7, 11) is 0. The molecule has 240 valence electrons. The van der Waals surface area contributed by atoms with E-state index in [0.29, 0.717) is 30.8 Å². The summed E-state index contributed by atoms with van der Waals surface area (Å²) in [5, 5.41) is 18.2. The smallest absolute Gasteiger partial charge is 0.243 e. The van der Waals surface area contributed by atoms with Gasteiger partial charge in [0.15, 0.2) is 6.29 Å². The number of ether oxygens (including phenoxy) is 2. The van der Waals surface area contributed by atoms with Crippen LogP contribution in [0.25, 0.3) is 10.4 Å². The highest BCUT2D eigenvalue weighted by molar-refractivity contribution is 7.13. The van der Waals surface area contributed by atoms with Crippen molar-refractivity contribution in [1.82, 2.24) is 20.4 Å². The minimum atomic E-state index is -0.777. The molecule has 3 aromatic rings. The maximum Gasteiger partial charge on any atom is 0.243 e. The number of β-amino-alcohol motifs (C(OH)–C–C–N with tert-alkyl or cyclic N) is 1. The molecule has 1 unspecified atom stereocenters. The summed E-state index contributed by atoms with van der Waals surface area (Å²) in [4.78, 5) is 34.7. The lowest BCUT2D eigenvalue weighted by atomic mass is 9.67. The highest BCUT2D eigenvalue weighted by Gasteiger charge is 2.61. The number of thiazole rings is 1. The van der Waals surface area contributed by atoms with Crippen LogP contribution >= 0.6 is 11.3 Å². The van der Waals surface area contributed by atoms with Gasteiger partial charge in [-0.15, -0.1) is 11.3 Å². The lowest BCUT2D eigenvalue weighted by Crippen LogP contribution is -2.48. The average molecular weight is 635 g/mol. The van der Waals surface area contributed by atoms with Crippen LogP contribution in [0.5, 0.6) is 0 Å². The molecule has 4 heterocycles. The highest BCUT2D eigenvalue weighted by Crippen LogP contribution is 2.64. The molecule has 3 aliphatic carbocycles. The number of nitrogens with one attached hydrogen (secondary N) is 1. The first-order valence-corrected chi connectivity index (χ1v) is 17.0. The zero-order valence-electron chi connectivity index (χ0n) is 26.3. The van der Waals surface area contributed by atoms with Crippen molar-refractivity contribution in [2.75, 3.05) is 19.8 Å². The van der Waals surface area contributed by atoms with E-state index in [4.69, 9.17) is 14.0 Å². The fourth-order valence-electron chi connectivity index (χ4n) is 8.09. The van der Waals surface area contributed by atoms with E-state index in [-0.39, 0.29) is 48.4 Å². The molecule has 0 spiro atoms. The summed E-state index contributed by atoms with van der Waals surface area (Å²) in [5.41, 5.74) is 5.71. The Labute approximate surface area is 267 Å². The number of carbonyl (C=O) groups is 2. The number of hydrogen-bond donors (Lipinski definition) is 2. The Hall–Kier alpha value is -3.12. The number of carbonyl (C=O) groups excluding carboxylic acids is 2. The van der Waals surface area contributed by atoms with Crippen molar-refractivity contribution in [3.63, 3.8) is 0 Å². The van der Waals surface area contributed by atoms with Gasteiger partial charge < -0.3 is 29.3 Å². The van der Waals surface area contributed by atoms with Gasteiger partial charge in [-0.1, -0.05) is 43.3 Å². The molecule has 2 amide bonds. The number of aliphatic hydroxyl groups excluding tert-OH is 1. The van der Waals surface area contributed by atoms with Gasteiger partial charge in [-0.25, -0.2) is 4.98 Å². The maximum atomic E-state index is 14.1. The second-order valence-electron chi connectivity index (χ2n) is 13.8. The zero-order valence-corrected chi connectivity index (χ0v) is 27.1. The molecule has 2 saturated heterocycles. The van der Waals surface area contributed by atoms with Gasteiger partial charge in [0.1, 0.15) is 17.7 Å². The minimum absolute atomic E-state index is 0.0585. The average Bonchev–Trinajstić information content (AvgIpc) is 3.82. The summed E-state index contributed by atoms with van der Waals surface area (Å²) in [6, 6.07) is 9.00. The second-order valence-corrected chi connectivity index (χ2v) is 14.6.